The highest BCUT2D eigenvalue weighted by atomic mass is 16.5. The molecule has 4 aromatic heterocycles. The summed E-state index contributed by atoms with van der Waals surface area (Å²) < 4.78 is 10.7. The van der Waals surface area contributed by atoms with Crippen molar-refractivity contribution in [2.45, 2.75) is 0 Å². The largest absolute Gasteiger partial charge is 0.494 e. The van der Waals surface area contributed by atoms with Crippen LogP contribution in [0.1, 0.15) is 0 Å². The smallest absolute Gasteiger partial charge is 0.213 e. The zero-order valence-corrected chi connectivity index (χ0v) is 18.4. The van der Waals surface area contributed by atoms with Gasteiger partial charge in [-0.15, -0.1) is 0 Å². The molecular weight excluding hydrogens is 420 g/mol. The maximum absolute atomic E-state index is 5.59. The SMILES string of the molecule is COc1ccc(Nc2cc(-c3nc(N4CCNCC4)c4c(OC)cncc4n3)ccn2)cn1. The molecule has 1 fully saturated rings. The van der Waals surface area contributed by atoms with E-state index in [1.54, 1.807) is 45.1 Å². The van der Waals surface area contributed by atoms with Gasteiger partial charge < -0.3 is 25.0 Å². The number of anilines is 3. The molecule has 0 bridgehead atoms. The summed E-state index contributed by atoms with van der Waals surface area (Å²) in [5.41, 5.74) is 2.38. The fourth-order valence-electron chi connectivity index (χ4n) is 3.79. The molecule has 0 atom stereocenters. The Morgan fingerprint density at radius 1 is 0.970 bits per heavy atom. The third-order valence-electron chi connectivity index (χ3n) is 5.43. The highest BCUT2D eigenvalue weighted by Crippen LogP contribution is 2.34. The van der Waals surface area contributed by atoms with Crippen molar-refractivity contribution >= 4 is 28.2 Å². The summed E-state index contributed by atoms with van der Waals surface area (Å²) >= 11 is 0. The molecule has 1 saturated heterocycles. The van der Waals surface area contributed by atoms with E-state index in [1.807, 2.05) is 18.2 Å². The van der Waals surface area contributed by atoms with Crippen LogP contribution in [0, 0.1) is 0 Å². The van der Waals surface area contributed by atoms with Crippen molar-refractivity contribution in [2.75, 3.05) is 50.6 Å². The molecule has 5 rings (SSSR count). The van der Waals surface area contributed by atoms with Crippen LogP contribution in [0.2, 0.25) is 0 Å². The van der Waals surface area contributed by atoms with Gasteiger partial charge in [-0.2, -0.15) is 0 Å². The van der Waals surface area contributed by atoms with E-state index < -0.39 is 0 Å². The van der Waals surface area contributed by atoms with Crippen LogP contribution in [0.15, 0.2) is 49.1 Å². The van der Waals surface area contributed by atoms with E-state index in [-0.39, 0.29) is 0 Å². The molecule has 0 aliphatic carbocycles. The first kappa shape index (κ1) is 20.8. The zero-order chi connectivity index (χ0) is 22.6. The number of rotatable bonds is 6. The Labute approximate surface area is 191 Å². The number of nitrogens with one attached hydrogen (secondary N) is 2. The van der Waals surface area contributed by atoms with Crippen molar-refractivity contribution < 1.29 is 9.47 Å². The molecule has 0 spiro atoms. The van der Waals surface area contributed by atoms with Crippen molar-refractivity contribution in [3.05, 3.63) is 49.1 Å². The molecule has 0 saturated carbocycles. The van der Waals surface area contributed by atoms with Crippen molar-refractivity contribution in [1.82, 2.24) is 30.2 Å². The van der Waals surface area contributed by atoms with Crippen LogP contribution in [0.4, 0.5) is 17.3 Å². The molecule has 1 aliphatic rings. The van der Waals surface area contributed by atoms with Crippen molar-refractivity contribution in [3.8, 4) is 23.0 Å². The van der Waals surface area contributed by atoms with Gasteiger partial charge in [0.05, 0.1) is 49.4 Å². The Kier molecular flexibility index (Phi) is 5.81. The van der Waals surface area contributed by atoms with Gasteiger partial charge in [-0.05, 0) is 18.2 Å². The zero-order valence-electron chi connectivity index (χ0n) is 18.4. The van der Waals surface area contributed by atoms with Gasteiger partial charge in [0, 0.05) is 44.0 Å². The number of hydrogen-bond acceptors (Lipinski definition) is 10. The fourth-order valence-corrected chi connectivity index (χ4v) is 3.79. The van der Waals surface area contributed by atoms with Gasteiger partial charge in [-0.3, -0.25) is 4.98 Å². The summed E-state index contributed by atoms with van der Waals surface area (Å²) in [5.74, 6) is 3.33. The molecule has 0 aromatic carbocycles. The van der Waals surface area contributed by atoms with Gasteiger partial charge in [0.25, 0.3) is 0 Å². The van der Waals surface area contributed by atoms with E-state index in [0.717, 1.165) is 54.2 Å². The lowest BCUT2D eigenvalue weighted by Crippen LogP contribution is -2.44. The lowest BCUT2D eigenvalue weighted by molar-refractivity contribution is 0.398. The fraction of sp³-hybridized carbons (Fsp3) is 0.261. The van der Waals surface area contributed by atoms with Crippen molar-refractivity contribution in [2.24, 2.45) is 0 Å². The number of pyridine rings is 3. The van der Waals surface area contributed by atoms with Crippen LogP contribution in [-0.2, 0) is 0 Å². The van der Waals surface area contributed by atoms with E-state index in [2.05, 4.69) is 30.5 Å². The lowest BCUT2D eigenvalue weighted by atomic mass is 10.2. The van der Waals surface area contributed by atoms with Gasteiger partial charge >= 0.3 is 0 Å². The molecule has 4 aromatic rings. The van der Waals surface area contributed by atoms with Crippen LogP contribution in [0.3, 0.4) is 0 Å². The van der Waals surface area contributed by atoms with Crippen LogP contribution < -0.4 is 25.0 Å². The summed E-state index contributed by atoms with van der Waals surface area (Å²) in [4.78, 5) is 25.0. The molecule has 0 radical (unpaired) electrons. The first-order valence-corrected chi connectivity index (χ1v) is 10.6. The molecule has 5 heterocycles. The van der Waals surface area contributed by atoms with Crippen molar-refractivity contribution in [3.63, 3.8) is 0 Å². The maximum atomic E-state index is 5.59. The molecule has 10 nitrogen and oxygen atoms in total. The molecule has 2 N–H and O–H groups in total. The van der Waals surface area contributed by atoms with E-state index in [4.69, 9.17) is 19.4 Å². The standard InChI is InChI=1S/C23H24N8O2/c1-32-18-14-25-13-17-21(18)23(31-9-7-24-8-10-31)30-22(29-17)15-5-6-26-19(11-15)28-16-3-4-20(33-2)27-12-16/h3-6,11-14,24H,7-10H2,1-2H3,(H,26,28). The van der Waals surface area contributed by atoms with E-state index in [0.29, 0.717) is 23.3 Å². The average molecular weight is 444 g/mol. The minimum atomic E-state index is 0.552. The van der Waals surface area contributed by atoms with Gasteiger partial charge in [0.2, 0.25) is 5.88 Å². The third kappa shape index (κ3) is 4.33. The first-order chi connectivity index (χ1) is 16.2. The summed E-state index contributed by atoms with van der Waals surface area (Å²) in [6.07, 6.45) is 6.88. The molecule has 0 unspecified atom stereocenters. The predicted octanol–water partition coefficient (Wildman–Crippen LogP) is 2.65. The highest BCUT2D eigenvalue weighted by Gasteiger charge is 2.20. The molecule has 0 amide bonds. The van der Waals surface area contributed by atoms with Crippen molar-refractivity contribution in [1.29, 1.82) is 0 Å². The summed E-state index contributed by atoms with van der Waals surface area (Å²) in [7, 11) is 3.23. The average Bonchev–Trinajstić information content (AvgIpc) is 2.88. The second kappa shape index (κ2) is 9.21. The quantitative estimate of drug-likeness (QED) is 0.460. The number of hydrogen-bond donors (Lipinski definition) is 2. The second-order valence-corrected chi connectivity index (χ2v) is 7.49. The topological polar surface area (TPSA) is 110 Å². The minimum Gasteiger partial charge on any atom is -0.494 e. The Hall–Kier alpha value is -4.05. The molecule has 1 aliphatic heterocycles. The maximum Gasteiger partial charge on any atom is 0.213 e. The molecule has 10 heteroatoms. The highest BCUT2D eigenvalue weighted by molar-refractivity contribution is 5.95. The first-order valence-electron chi connectivity index (χ1n) is 10.6. The second-order valence-electron chi connectivity index (χ2n) is 7.49. The number of methoxy groups -OCH3 is 2. The number of aromatic nitrogens is 5. The summed E-state index contributed by atoms with van der Waals surface area (Å²) in [5, 5.41) is 7.52. The van der Waals surface area contributed by atoms with E-state index in [9.17, 15) is 0 Å². The lowest BCUT2D eigenvalue weighted by Gasteiger charge is -2.29. The minimum absolute atomic E-state index is 0.552. The number of fused-ring (bicyclic) bond motifs is 1. The Morgan fingerprint density at radius 3 is 2.61 bits per heavy atom. The van der Waals surface area contributed by atoms with Crippen LogP contribution >= 0.6 is 0 Å². The normalized spacial score (nSPS) is 13.7. The predicted molar refractivity (Wildman–Crippen MR) is 126 cm³/mol. The van der Waals surface area contributed by atoms with Crippen LogP contribution in [0.25, 0.3) is 22.3 Å². The van der Waals surface area contributed by atoms with Gasteiger partial charge in [0.1, 0.15) is 17.4 Å². The van der Waals surface area contributed by atoms with Gasteiger partial charge in [-0.1, -0.05) is 0 Å². The summed E-state index contributed by atoms with van der Waals surface area (Å²) in [6.45, 7) is 3.50. The number of ether oxygens (including phenoxy) is 2. The third-order valence-corrected chi connectivity index (χ3v) is 5.43. The molecule has 33 heavy (non-hydrogen) atoms. The Bertz CT molecular complexity index is 1260. The number of nitrogens with zero attached hydrogens (tertiary/aromatic N) is 6. The molecule has 168 valence electrons. The van der Waals surface area contributed by atoms with E-state index >= 15 is 0 Å². The Balaban J connectivity index is 1.54. The number of piperazine rings is 1. The monoisotopic (exact) mass is 444 g/mol. The van der Waals surface area contributed by atoms with E-state index in [1.165, 1.54) is 0 Å². The van der Waals surface area contributed by atoms with Crippen LogP contribution in [-0.4, -0.2) is 65.3 Å². The van der Waals surface area contributed by atoms with Gasteiger partial charge in [0.15, 0.2) is 5.82 Å². The Morgan fingerprint density at radius 2 is 1.85 bits per heavy atom. The molecular formula is C23H24N8O2. The van der Waals surface area contributed by atoms with Gasteiger partial charge in [-0.25, -0.2) is 19.9 Å². The van der Waals surface area contributed by atoms with Crippen LogP contribution in [0.5, 0.6) is 11.6 Å². The summed E-state index contributed by atoms with van der Waals surface area (Å²) in [6, 6.07) is 7.49.